The van der Waals surface area contributed by atoms with Gasteiger partial charge in [-0.2, -0.15) is 5.26 Å². The molecule has 1 aromatic heterocycles. The van der Waals surface area contributed by atoms with Gasteiger partial charge in [0.1, 0.15) is 11.6 Å². The summed E-state index contributed by atoms with van der Waals surface area (Å²) in [6.45, 7) is 0. The topological polar surface area (TPSA) is 71.9 Å². The first kappa shape index (κ1) is 7.87. The molecule has 1 aromatic rings. The van der Waals surface area contributed by atoms with Crippen LogP contribution in [0.1, 0.15) is 18.4 Å². The Morgan fingerprint density at radius 3 is 2.92 bits per heavy atom. The molecule has 0 bridgehead atoms. The molecule has 13 heavy (non-hydrogen) atoms. The van der Waals surface area contributed by atoms with Crippen molar-refractivity contribution in [2.75, 3.05) is 5.73 Å². The van der Waals surface area contributed by atoms with Crippen LogP contribution in [0.4, 0.5) is 5.69 Å². The van der Waals surface area contributed by atoms with Crippen molar-refractivity contribution in [2.24, 2.45) is 0 Å². The third-order valence-corrected chi connectivity index (χ3v) is 1.85. The highest BCUT2D eigenvalue weighted by atomic mass is 16.5. The van der Waals surface area contributed by atoms with E-state index in [1.165, 1.54) is 12.4 Å². The van der Waals surface area contributed by atoms with Crippen LogP contribution in [0.2, 0.25) is 0 Å². The number of nitrogen functional groups attached to an aromatic ring is 1. The fraction of sp³-hybridized carbons (Fsp3) is 0.333. The van der Waals surface area contributed by atoms with Crippen molar-refractivity contribution in [3.05, 3.63) is 18.0 Å². The van der Waals surface area contributed by atoms with Gasteiger partial charge in [0, 0.05) is 6.20 Å². The Balaban J connectivity index is 2.34. The summed E-state index contributed by atoms with van der Waals surface area (Å²) in [5.74, 6) is 0.486. The monoisotopic (exact) mass is 175 g/mol. The lowest BCUT2D eigenvalue weighted by molar-refractivity contribution is 0.303. The summed E-state index contributed by atoms with van der Waals surface area (Å²) >= 11 is 0. The maximum Gasteiger partial charge on any atom is 0.163 e. The predicted molar refractivity (Wildman–Crippen MR) is 47.0 cm³/mol. The predicted octanol–water partition coefficient (Wildman–Crippen LogP) is 1.08. The van der Waals surface area contributed by atoms with Gasteiger partial charge in [0.05, 0.1) is 18.0 Å². The van der Waals surface area contributed by atoms with E-state index in [1.807, 2.05) is 6.07 Å². The molecule has 1 heterocycles. The summed E-state index contributed by atoms with van der Waals surface area (Å²) in [6.07, 6.45) is 5.31. The van der Waals surface area contributed by atoms with Crippen molar-refractivity contribution in [1.82, 2.24) is 4.98 Å². The van der Waals surface area contributed by atoms with Crippen molar-refractivity contribution in [3.63, 3.8) is 0 Å². The average molecular weight is 175 g/mol. The Morgan fingerprint density at radius 2 is 2.31 bits per heavy atom. The van der Waals surface area contributed by atoms with Gasteiger partial charge >= 0.3 is 0 Å². The molecule has 66 valence electrons. The Labute approximate surface area is 76.0 Å². The highest BCUT2D eigenvalue weighted by Gasteiger charge is 2.25. The highest BCUT2D eigenvalue weighted by Crippen LogP contribution is 2.32. The summed E-state index contributed by atoms with van der Waals surface area (Å²) in [6, 6.07) is 2.00. The molecular weight excluding hydrogens is 166 g/mol. The molecule has 1 fully saturated rings. The van der Waals surface area contributed by atoms with Gasteiger partial charge in [0.25, 0.3) is 0 Å². The van der Waals surface area contributed by atoms with Gasteiger partial charge in [-0.3, -0.25) is 4.98 Å². The number of rotatable bonds is 2. The Kier molecular flexibility index (Phi) is 1.78. The molecule has 0 spiro atoms. The number of nitriles is 1. The van der Waals surface area contributed by atoms with E-state index in [0.717, 1.165) is 12.8 Å². The van der Waals surface area contributed by atoms with E-state index in [2.05, 4.69) is 4.98 Å². The molecule has 0 atom stereocenters. The normalized spacial score (nSPS) is 15.0. The average Bonchev–Trinajstić information content (AvgIpc) is 2.92. The molecule has 0 aromatic carbocycles. The largest absolute Gasteiger partial charge is 0.487 e. The number of pyridine rings is 1. The SMILES string of the molecule is N#Cc1cncc(N)c1OC1CC1. The van der Waals surface area contributed by atoms with Crippen LogP contribution in [0.25, 0.3) is 0 Å². The molecule has 0 amide bonds. The van der Waals surface area contributed by atoms with Crippen molar-refractivity contribution in [2.45, 2.75) is 18.9 Å². The molecular formula is C9H9N3O. The maximum absolute atomic E-state index is 8.75. The molecule has 1 aliphatic rings. The molecule has 1 saturated carbocycles. The molecule has 0 radical (unpaired) electrons. The van der Waals surface area contributed by atoms with Crippen LogP contribution in [0.15, 0.2) is 12.4 Å². The fourth-order valence-corrected chi connectivity index (χ4v) is 1.03. The molecule has 1 aliphatic carbocycles. The van der Waals surface area contributed by atoms with Crippen LogP contribution in [0.3, 0.4) is 0 Å². The lowest BCUT2D eigenvalue weighted by Crippen LogP contribution is -2.02. The van der Waals surface area contributed by atoms with Crippen LogP contribution in [-0.2, 0) is 0 Å². The Hall–Kier alpha value is -1.76. The van der Waals surface area contributed by atoms with Gasteiger partial charge in [-0.25, -0.2) is 0 Å². The van der Waals surface area contributed by atoms with Gasteiger partial charge < -0.3 is 10.5 Å². The summed E-state index contributed by atoms with van der Waals surface area (Å²) in [5.41, 5.74) is 6.48. The van der Waals surface area contributed by atoms with E-state index < -0.39 is 0 Å². The zero-order valence-corrected chi connectivity index (χ0v) is 7.03. The van der Waals surface area contributed by atoms with Gasteiger partial charge in [-0.15, -0.1) is 0 Å². The summed E-state index contributed by atoms with van der Waals surface area (Å²) < 4.78 is 5.49. The molecule has 4 nitrogen and oxygen atoms in total. The third-order valence-electron chi connectivity index (χ3n) is 1.85. The van der Waals surface area contributed by atoms with Crippen molar-refractivity contribution < 1.29 is 4.74 Å². The minimum Gasteiger partial charge on any atom is -0.487 e. The second-order valence-corrected chi connectivity index (χ2v) is 3.03. The van der Waals surface area contributed by atoms with Crippen molar-refractivity contribution in [1.29, 1.82) is 5.26 Å². The van der Waals surface area contributed by atoms with Crippen LogP contribution >= 0.6 is 0 Å². The van der Waals surface area contributed by atoms with Crippen LogP contribution in [0, 0.1) is 11.3 Å². The highest BCUT2D eigenvalue weighted by molar-refractivity contribution is 5.58. The minimum atomic E-state index is 0.247. The van der Waals surface area contributed by atoms with E-state index in [4.69, 9.17) is 15.7 Å². The van der Waals surface area contributed by atoms with Crippen LogP contribution < -0.4 is 10.5 Å². The van der Waals surface area contributed by atoms with E-state index in [9.17, 15) is 0 Å². The van der Waals surface area contributed by atoms with E-state index in [-0.39, 0.29) is 6.10 Å². The van der Waals surface area contributed by atoms with Crippen LogP contribution in [-0.4, -0.2) is 11.1 Å². The van der Waals surface area contributed by atoms with Gasteiger partial charge in [-0.05, 0) is 12.8 Å². The smallest absolute Gasteiger partial charge is 0.163 e. The second-order valence-electron chi connectivity index (χ2n) is 3.03. The van der Waals surface area contributed by atoms with Crippen LogP contribution in [0.5, 0.6) is 5.75 Å². The molecule has 2 N–H and O–H groups in total. The number of ether oxygens (including phenoxy) is 1. The summed E-state index contributed by atoms with van der Waals surface area (Å²) in [4.78, 5) is 3.82. The standard InChI is InChI=1S/C9H9N3O/c10-3-6-4-12-5-8(11)9(6)13-7-1-2-7/h4-5,7H,1-2,11H2. The fourth-order valence-electron chi connectivity index (χ4n) is 1.03. The molecule has 0 unspecified atom stereocenters. The lowest BCUT2D eigenvalue weighted by Gasteiger charge is -2.07. The number of aromatic nitrogens is 1. The second kappa shape index (κ2) is 2.94. The number of hydrogen-bond acceptors (Lipinski definition) is 4. The number of anilines is 1. The van der Waals surface area contributed by atoms with E-state index in [1.54, 1.807) is 0 Å². The maximum atomic E-state index is 8.75. The molecule has 2 rings (SSSR count). The van der Waals surface area contributed by atoms with Crippen molar-refractivity contribution in [3.8, 4) is 11.8 Å². The van der Waals surface area contributed by atoms with Crippen molar-refractivity contribution >= 4 is 5.69 Å². The molecule has 0 aliphatic heterocycles. The Bertz CT molecular complexity index is 366. The summed E-state index contributed by atoms with van der Waals surface area (Å²) in [7, 11) is 0. The minimum absolute atomic E-state index is 0.247. The Morgan fingerprint density at radius 1 is 1.54 bits per heavy atom. The number of nitrogens with two attached hydrogens (primary N) is 1. The lowest BCUT2D eigenvalue weighted by atomic mass is 10.2. The van der Waals surface area contributed by atoms with Gasteiger partial charge in [-0.1, -0.05) is 0 Å². The first-order chi connectivity index (χ1) is 6.31. The molecule has 0 saturated heterocycles. The zero-order chi connectivity index (χ0) is 9.26. The number of nitrogens with zero attached hydrogens (tertiary/aromatic N) is 2. The van der Waals surface area contributed by atoms with Gasteiger partial charge in [0.2, 0.25) is 0 Å². The molecule has 4 heteroatoms. The quantitative estimate of drug-likeness (QED) is 0.729. The van der Waals surface area contributed by atoms with E-state index in [0.29, 0.717) is 17.0 Å². The van der Waals surface area contributed by atoms with E-state index >= 15 is 0 Å². The number of hydrogen-bond donors (Lipinski definition) is 1. The summed E-state index contributed by atoms with van der Waals surface area (Å²) in [5, 5.41) is 8.75. The zero-order valence-electron chi connectivity index (χ0n) is 7.03. The third kappa shape index (κ3) is 1.54. The first-order valence-electron chi connectivity index (χ1n) is 4.11. The van der Waals surface area contributed by atoms with Gasteiger partial charge in [0.15, 0.2) is 5.75 Å². The first-order valence-corrected chi connectivity index (χ1v) is 4.11.